The molecule has 0 saturated heterocycles. The van der Waals surface area contributed by atoms with Gasteiger partial charge in [-0.25, -0.2) is 0 Å². The van der Waals surface area contributed by atoms with Crippen LogP contribution in [0.25, 0.3) is 44.2 Å². The SMILES string of the molecule is c1ccc(-c2ccc(N(c3ccc(-c4ccccc4)cc3)c3ccc4c(c3)Oc3c(N(c5ccccc5)c5ccccc5)ccc5cccc-4c35)cc2)cc1. The lowest BCUT2D eigenvalue weighted by atomic mass is 9.93. The van der Waals surface area contributed by atoms with Crippen molar-refractivity contribution in [2.45, 2.75) is 0 Å². The Kier molecular flexibility index (Phi) is 8.16. The number of rotatable bonds is 8. The minimum atomic E-state index is 0.817. The molecular weight excluding hydrogens is 669 g/mol. The number of para-hydroxylation sites is 2. The molecule has 55 heavy (non-hydrogen) atoms. The van der Waals surface area contributed by atoms with E-state index in [1.54, 1.807) is 0 Å². The Morgan fingerprint density at radius 2 is 0.782 bits per heavy atom. The van der Waals surface area contributed by atoms with Crippen LogP contribution in [0.15, 0.2) is 218 Å². The zero-order valence-corrected chi connectivity index (χ0v) is 30.1. The third-order valence-corrected chi connectivity index (χ3v) is 10.4. The Labute approximate surface area is 321 Å². The predicted octanol–water partition coefficient (Wildman–Crippen LogP) is 14.9. The van der Waals surface area contributed by atoms with Crippen molar-refractivity contribution in [1.29, 1.82) is 0 Å². The van der Waals surface area contributed by atoms with Crippen molar-refractivity contribution in [3.05, 3.63) is 218 Å². The molecule has 0 N–H and O–H groups in total. The minimum absolute atomic E-state index is 0.817. The Hall–Kier alpha value is -7.36. The number of nitrogens with zero attached hydrogens (tertiary/aromatic N) is 2. The molecule has 0 unspecified atom stereocenters. The predicted molar refractivity (Wildman–Crippen MR) is 230 cm³/mol. The molecule has 0 saturated carbocycles. The van der Waals surface area contributed by atoms with Crippen LogP contribution in [0.3, 0.4) is 0 Å². The maximum Gasteiger partial charge on any atom is 0.159 e. The van der Waals surface area contributed by atoms with Gasteiger partial charge in [-0.2, -0.15) is 0 Å². The summed E-state index contributed by atoms with van der Waals surface area (Å²) in [5.74, 6) is 1.66. The van der Waals surface area contributed by atoms with Crippen LogP contribution in [0.5, 0.6) is 11.5 Å². The highest BCUT2D eigenvalue weighted by Gasteiger charge is 2.27. The average molecular weight is 705 g/mol. The summed E-state index contributed by atoms with van der Waals surface area (Å²) in [5, 5.41) is 2.26. The van der Waals surface area contributed by atoms with Crippen LogP contribution in [0, 0.1) is 0 Å². The normalized spacial score (nSPS) is 11.4. The van der Waals surface area contributed by atoms with E-state index in [2.05, 4.69) is 228 Å². The molecule has 10 rings (SSSR count). The van der Waals surface area contributed by atoms with Gasteiger partial charge in [0.1, 0.15) is 5.75 Å². The molecule has 0 aliphatic carbocycles. The lowest BCUT2D eigenvalue weighted by Crippen LogP contribution is -2.13. The van der Waals surface area contributed by atoms with E-state index in [4.69, 9.17) is 4.74 Å². The van der Waals surface area contributed by atoms with Gasteiger partial charge in [0.25, 0.3) is 0 Å². The smallest absolute Gasteiger partial charge is 0.159 e. The fraction of sp³-hybridized carbons (Fsp3) is 0. The summed E-state index contributed by atoms with van der Waals surface area (Å²) in [7, 11) is 0. The van der Waals surface area contributed by atoms with Gasteiger partial charge in [-0.3, -0.25) is 0 Å². The van der Waals surface area contributed by atoms with Crippen LogP contribution in [0.1, 0.15) is 0 Å². The van der Waals surface area contributed by atoms with Crippen LogP contribution in [-0.2, 0) is 0 Å². The minimum Gasteiger partial charge on any atom is -0.454 e. The largest absolute Gasteiger partial charge is 0.454 e. The molecule has 260 valence electrons. The fourth-order valence-corrected chi connectivity index (χ4v) is 7.80. The molecule has 0 amide bonds. The van der Waals surface area contributed by atoms with Crippen molar-refractivity contribution < 1.29 is 4.74 Å². The number of anilines is 6. The molecule has 1 aliphatic rings. The van der Waals surface area contributed by atoms with E-state index in [0.29, 0.717) is 0 Å². The third kappa shape index (κ3) is 5.98. The number of fused-ring (bicyclic) bond motifs is 2. The lowest BCUT2D eigenvalue weighted by molar-refractivity contribution is 0.488. The Bertz CT molecular complexity index is 2630. The summed E-state index contributed by atoms with van der Waals surface area (Å²) < 4.78 is 7.15. The quantitative estimate of drug-likeness (QED) is 0.157. The van der Waals surface area contributed by atoms with Gasteiger partial charge in [-0.05, 0) is 99.9 Å². The van der Waals surface area contributed by atoms with E-state index in [1.807, 2.05) is 0 Å². The van der Waals surface area contributed by atoms with Crippen molar-refractivity contribution in [2.75, 3.05) is 9.80 Å². The van der Waals surface area contributed by atoms with Crippen LogP contribution in [0.2, 0.25) is 0 Å². The number of benzene rings is 9. The first-order chi connectivity index (χ1) is 27.3. The summed E-state index contributed by atoms with van der Waals surface area (Å²) in [5.41, 5.74) is 13.2. The third-order valence-electron chi connectivity index (χ3n) is 10.4. The molecule has 0 fully saturated rings. The van der Waals surface area contributed by atoms with Gasteiger partial charge in [0.15, 0.2) is 5.75 Å². The zero-order chi connectivity index (χ0) is 36.6. The summed E-state index contributed by atoms with van der Waals surface area (Å²) >= 11 is 0. The Balaban J connectivity index is 1.11. The van der Waals surface area contributed by atoms with E-state index >= 15 is 0 Å². The van der Waals surface area contributed by atoms with E-state index in [-0.39, 0.29) is 0 Å². The molecule has 9 aromatic carbocycles. The zero-order valence-electron chi connectivity index (χ0n) is 30.1. The van der Waals surface area contributed by atoms with Gasteiger partial charge in [0.05, 0.1) is 5.69 Å². The van der Waals surface area contributed by atoms with Crippen molar-refractivity contribution >= 4 is 44.9 Å². The monoisotopic (exact) mass is 704 g/mol. The van der Waals surface area contributed by atoms with Crippen LogP contribution in [0.4, 0.5) is 34.1 Å². The molecule has 3 nitrogen and oxygen atoms in total. The van der Waals surface area contributed by atoms with Crippen LogP contribution in [-0.4, -0.2) is 0 Å². The molecular formula is C52H36N2O. The first kappa shape index (κ1) is 32.3. The summed E-state index contributed by atoms with van der Waals surface area (Å²) in [6, 6.07) is 77.3. The molecule has 0 bridgehead atoms. The van der Waals surface area contributed by atoms with Crippen molar-refractivity contribution in [3.8, 4) is 44.9 Å². The van der Waals surface area contributed by atoms with E-state index < -0.39 is 0 Å². The van der Waals surface area contributed by atoms with Gasteiger partial charge in [-0.15, -0.1) is 0 Å². The standard InChI is InChI=1S/C52H36N2O/c1-5-14-37(15-6-1)39-24-29-44(30-25-39)53(45-31-26-40(27-32-45)38-16-7-2-8-17-38)46-33-34-47-48-23-13-18-41-28-35-49(52(51(41)48)55-50(47)36-46)54(42-19-9-3-10-20-42)43-21-11-4-12-22-43/h1-36H. The second-order valence-corrected chi connectivity index (χ2v) is 13.8. The first-order valence-electron chi connectivity index (χ1n) is 18.7. The number of ether oxygens (including phenoxy) is 1. The van der Waals surface area contributed by atoms with Crippen molar-refractivity contribution in [2.24, 2.45) is 0 Å². The van der Waals surface area contributed by atoms with Gasteiger partial charge in [0, 0.05) is 45.5 Å². The first-order valence-corrected chi connectivity index (χ1v) is 18.7. The van der Waals surface area contributed by atoms with Crippen molar-refractivity contribution in [3.63, 3.8) is 0 Å². The van der Waals surface area contributed by atoms with Crippen molar-refractivity contribution in [1.82, 2.24) is 0 Å². The maximum absolute atomic E-state index is 7.15. The highest BCUT2D eigenvalue weighted by Crippen LogP contribution is 2.54. The van der Waals surface area contributed by atoms with Gasteiger partial charge in [0.2, 0.25) is 0 Å². The fourth-order valence-electron chi connectivity index (χ4n) is 7.80. The summed E-state index contributed by atoms with van der Waals surface area (Å²) in [6.07, 6.45) is 0. The Morgan fingerprint density at radius 3 is 1.33 bits per heavy atom. The Morgan fingerprint density at radius 1 is 0.309 bits per heavy atom. The van der Waals surface area contributed by atoms with Gasteiger partial charge >= 0.3 is 0 Å². The van der Waals surface area contributed by atoms with E-state index in [1.165, 1.54) is 22.3 Å². The summed E-state index contributed by atoms with van der Waals surface area (Å²) in [4.78, 5) is 4.60. The average Bonchev–Trinajstić information content (AvgIpc) is 3.26. The second kappa shape index (κ2) is 13.9. The van der Waals surface area contributed by atoms with Crippen LogP contribution < -0.4 is 14.5 Å². The van der Waals surface area contributed by atoms with E-state index in [0.717, 1.165) is 67.5 Å². The molecule has 1 heterocycles. The highest BCUT2D eigenvalue weighted by atomic mass is 16.5. The second-order valence-electron chi connectivity index (χ2n) is 13.8. The molecule has 0 radical (unpaired) electrons. The molecule has 0 atom stereocenters. The van der Waals surface area contributed by atoms with E-state index in [9.17, 15) is 0 Å². The highest BCUT2D eigenvalue weighted by molar-refractivity contribution is 6.08. The molecule has 1 aliphatic heterocycles. The number of hydrogen-bond acceptors (Lipinski definition) is 3. The number of hydrogen-bond donors (Lipinski definition) is 0. The summed E-state index contributed by atoms with van der Waals surface area (Å²) in [6.45, 7) is 0. The molecule has 0 aromatic heterocycles. The molecule has 3 heteroatoms. The van der Waals surface area contributed by atoms with Gasteiger partial charge in [-0.1, -0.05) is 146 Å². The molecule has 0 spiro atoms. The van der Waals surface area contributed by atoms with Crippen LogP contribution >= 0.6 is 0 Å². The lowest BCUT2D eigenvalue weighted by Gasteiger charge is -2.31. The topological polar surface area (TPSA) is 15.7 Å². The maximum atomic E-state index is 7.15. The van der Waals surface area contributed by atoms with Gasteiger partial charge < -0.3 is 14.5 Å². The molecule has 9 aromatic rings.